The number of nitrogens with one attached hydrogen (secondary N) is 3. The average Bonchev–Trinajstić information content (AvgIpc) is 3.57. The summed E-state index contributed by atoms with van der Waals surface area (Å²) < 4.78 is 7.73. The van der Waals surface area contributed by atoms with Gasteiger partial charge in [-0.3, -0.25) is 14.9 Å². The maximum atomic E-state index is 13.7. The van der Waals surface area contributed by atoms with Crippen LogP contribution in [-0.2, 0) is 9.59 Å². The number of fused-ring (bicyclic) bond motifs is 2. The van der Waals surface area contributed by atoms with Gasteiger partial charge in [0.15, 0.2) is 6.29 Å². The molecule has 168 valence electrons. The average molecular weight is 444 g/mol. The van der Waals surface area contributed by atoms with Gasteiger partial charge in [0.2, 0.25) is 11.8 Å². The lowest BCUT2D eigenvalue weighted by atomic mass is 9.87. The third-order valence-electron chi connectivity index (χ3n) is 6.42. The zero-order valence-corrected chi connectivity index (χ0v) is 18.2. The molecule has 8 heteroatoms. The number of nitrogens with zero attached hydrogens (tertiary/aromatic N) is 2. The number of carbonyl (C=O) groups excluding carboxylic acids is 2. The molecule has 8 nitrogen and oxygen atoms in total. The number of aromatic nitrogens is 2. The molecule has 1 aromatic heterocycles. The van der Waals surface area contributed by atoms with E-state index >= 15 is 0 Å². The van der Waals surface area contributed by atoms with Crippen LogP contribution in [0, 0.1) is 0 Å². The quantitative estimate of drug-likeness (QED) is 0.573. The summed E-state index contributed by atoms with van der Waals surface area (Å²) >= 11 is 0. The Morgan fingerprint density at radius 2 is 1.76 bits per heavy atom. The molecule has 3 N–H and O–H groups in total. The zero-order chi connectivity index (χ0) is 22.5. The van der Waals surface area contributed by atoms with Gasteiger partial charge < -0.3 is 15.4 Å². The van der Waals surface area contributed by atoms with Crippen molar-refractivity contribution in [3.63, 3.8) is 0 Å². The summed E-state index contributed by atoms with van der Waals surface area (Å²) in [6.07, 6.45) is 2.07. The Hall–Kier alpha value is -3.65. The van der Waals surface area contributed by atoms with Crippen LogP contribution in [0.3, 0.4) is 0 Å². The van der Waals surface area contributed by atoms with Crippen molar-refractivity contribution in [1.82, 2.24) is 20.4 Å². The third kappa shape index (κ3) is 3.66. The van der Waals surface area contributed by atoms with Crippen molar-refractivity contribution >= 4 is 17.6 Å². The molecule has 3 aliphatic rings. The molecule has 2 amide bonds. The van der Waals surface area contributed by atoms with Gasteiger partial charge in [-0.25, -0.2) is 4.68 Å². The van der Waals surface area contributed by atoms with E-state index in [0.717, 1.165) is 29.7 Å². The fourth-order valence-electron chi connectivity index (χ4n) is 4.66. The fraction of sp³-hybridized carbons (Fsp3) is 0.320. The number of benzene rings is 2. The predicted molar refractivity (Wildman–Crippen MR) is 122 cm³/mol. The van der Waals surface area contributed by atoms with E-state index < -0.39 is 12.2 Å². The SMILES string of the molecule is CC1CC(=O)NC(n2nc(C3CC3)cc2NC(=O)C2c3ccccc3Oc3ccccc32)N1. The normalized spacial score (nSPS) is 22.0. The molecule has 0 radical (unpaired) electrons. The largest absolute Gasteiger partial charge is 0.457 e. The molecule has 2 aromatic carbocycles. The van der Waals surface area contributed by atoms with Crippen LogP contribution in [-0.4, -0.2) is 27.6 Å². The topological polar surface area (TPSA) is 97.3 Å². The molecule has 0 spiro atoms. The van der Waals surface area contributed by atoms with E-state index in [4.69, 9.17) is 9.84 Å². The molecule has 2 unspecified atom stereocenters. The highest BCUT2D eigenvalue weighted by Crippen LogP contribution is 2.45. The van der Waals surface area contributed by atoms with Gasteiger partial charge in [0.25, 0.3) is 0 Å². The first-order valence-corrected chi connectivity index (χ1v) is 11.4. The smallest absolute Gasteiger partial charge is 0.237 e. The van der Waals surface area contributed by atoms with E-state index in [1.54, 1.807) is 4.68 Å². The van der Waals surface area contributed by atoms with Crippen molar-refractivity contribution in [3.05, 3.63) is 71.4 Å². The maximum absolute atomic E-state index is 13.7. The van der Waals surface area contributed by atoms with Crippen LogP contribution in [0.2, 0.25) is 0 Å². The van der Waals surface area contributed by atoms with E-state index in [0.29, 0.717) is 29.7 Å². The maximum Gasteiger partial charge on any atom is 0.237 e. The number of amides is 2. The van der Waals surface area contributed by atoms with Crippen molar-refractivity contribution in [2.24, 2.45) is 0 Å². The van der Waals surface area contributed by atoms with E-state index in [-0.39, 0.29) is 17.9 Å². The van der Waals surface area contributed by atoms with Crippen LogP contribution >= 0.6 is 0 Å². The van der Waals surface area contributed by atoms with Crippen LogP contribution in [0.1, 0.15) is 61.1 Å². The van der Waals surface area contributed by atoms with Gasteiger partial charge in [0.1, 0.15) is 17.3 Å². The minimum atomic E-state index is -0.522. The van der Waals surface area contributed by atoms with E-state index in [1.807, 2.05) is 61.5 Å². The number of anilines is 1. The first kappa shape index (κ1) is 20.0. The molecule has 33 heavy (non-hydrogen) atoms. The summed E-state index contributed by atoms with van der Waals surface area (Å²) in [7, 11) is 0. The number of ether oxygens (including phenoxy) is 1. The van der Waals surface area contributed by atoms with Crippen LogP contribution in [0.4, 0.5) is 5.82 Å². The lowest BCUT2D eigenvalue weighted by Crippen LogP contribution is -2.52. The Bertz CT molecular complexity index is 1200. The highest BCUT2D eigenvalue weighted by molar-refractivity contribution is 5.99. The second kappa shape index (κ2) is 7.74. The van der Waals surface area contributed by atoms with E-state index in [1.165, 1.54) is 0 Å². The highest BCUT2D eigenvalue weighted by atomic mass is 16.5. The van der Waals surface area contributed by atoms with Gasteiger partial charge in [-0.1, -0.05) is 36.4 Å². The van der Waals surface area contributed by atoms with Crippen molar-refractivity contribution in [2.45, 2.75) is 50.4 Å². The molecule has 0 bridgehead atoms. The van der Waals surface area contributed by atoms with Gasteiger partial charge >= 0.3 is 0 Å². The monoisotopic (exact) mass is 443 g/mol. The Kier molecular flexibility index (Phi) is 4.69. The molecule has 6 rings (SSSR count). The van der Waals surface area contributed by atoms with Crippen molar-refractivity contribution in [1.29, 1.82) is 0 Å². The molecule has 3 heterocycles. The number of carbonyl (C=O) groups is 2. The first-order valence-electron chi connectivity index (χ1n) is 11.4. The van der Waals surface area contributed by atoms with Gasteiger partial charge in [-0.15, -0.1) is 0 Å². The van der Waals surface area contributed by atoms with E-state index in [2.05, 4.69) is 16.0 Å². The van der Waals surface area contributed by atoms with Gasteiger partial charge in [0, 0.05) is 35.6 Å². The Morgan fingerprint density at radius 1 is 1.09 bits per heavy atom. The lowest BCUT2D eigenvalue weighted by molar-refractivity contribution is -0.125. The second-order valence-corrected chi connectivity index (χ2v) is 9.02. The molecule has 1 aliphatic carbocycles. The van der Waals surface area contributed by atoms with E-state index in [9.17, 15) is 9.59 Å². The van der Waals surface area contributed by atoms with Crippen LogP contribution in [0.25, 0.3) is 0 Å². The van der Waals surface area contributed by atoms with Crippen LogP contribution in [0.15, 0.2) is 54.6 Å². The van der Waals surface area contributed by atoms with Crippen molar-refractivity contribution in [2.75, 3.05) is 5.32 Å². The Morgan fingerprint density at radius 3 is 2.39 bits per heavy atom. The molecule has 3 aromatic rings. The van der Waals surface area contributed by atoms with Gasteiger partial charge in [-0.05, 0) is 31.9 Å². The number of para-hydroxylation sites is 2. The summed E-state index contributed by atoms with van der Waals surface area (Å²) in [4.78, 5) is 25.9. The first-order chi connectivity index (χ1) is 16.1. The van der Waals surface area contributed by atoms with Crippen molar-refractivity contribution in [3.8, 4) is 11.5 Å². The lowest BCUT2D eigenvalue weighted by Gasteiger charge is -2.31. The minimum Gasteiger partial charge on any atom is -0.457 e. The molecule has 1 saturated heterocycles. The second-order valence-electron chi connectivity index (χ2n) is 9.02. The Balaban J connectivity index is 1.36. The highest BCUT2D eigenvalue weighted by Gasteiger charge is 2.35. The van der Waals surface area contributed by atoms with Gasteiger partial charge in [0.05, 0.1) is 11.6 Å². The molecular formula is C25H25N5O3. The summed E-state index contributed by atoms with van der Waals surface area (Å²) in [5.74, 6) is 1.60. The number of hydrogen-bond acceptors (Lipinski definition) is 5. The molecule has 1 saturated carbocycles. The summed E-state index contributed by atoms with van der Waals surface area (Å²) in [6, 6.07) is 17.2. The molecule has 2 atom stereocenters. The molecule has 2 aliphatic heterocycles. The standard InChI is InChI=1S/C25H25N5O3/c1-14-12-22(31)28-25(26-14)30-21(13-18(29-30)15-10-11-15)27-24(32)23-16-6-2-4-8-19(16)33-20-9-5-3-7-17(20)23/h2-9,13-15,23,25-26H,10-12H2,1H3,(H,27,32)(H,28,31). The number of hydrogen-bond donors (Lipinski definition) is 3. The minimum absolute atomic E-state index is 0.00937. The molecule has 2 fully saturated rings. The summed E-state index contributed by atoms with van der Waals surface area (Å²) in [5.41, 5.74) is 2.58. The van der Waals surface area contributed by atoms with Crippen LogP contribution in [0.5, 0.6) is 11.5 Å². The Labute approximate surface area is 191 Å². The van der Waals surface area contributed by atoms with Crippen LogP contribution < -0.4 is 20.7 Å². The van der Waals surface area contributed by atoms with Crippen molar-refractivity contribution < 1.29 is 14.3 Å². The van der Waals surface area contributed by atoms with Gasteiger partial charge in [-0.2, -0.15) is 5.10 Å². The summed E-state index contributed by atoms with van der Waals surface area (Å²) in [5, 5.41) is 14.2. The third-order valence-corrected chi connectivity index (χ3v) is 6.42. The zero-order valence-electron chi connectivity index (χ0n) is 18.2. The molecular weight excluding hydrogens is 418 g/mol. The number of rotatable bonds is 4. The predicted octanol–water partition coefficient (Wildman–Crippen LogP) is 3.59. The summed E-state index contributed by atoms with van der Waals surface area (Å²) in [6.45, 7) is 1.96. The fourth-order valence-corrected chi connectivity index (χ4v) is 4.66.